The van der Waals surface area contributed by atoms with E-state index in [1.54, 1.807) is 0 Å². The van der Waals surface area contributed by atoms with Crippen LogP contribution in [0.2, 0.25) is 0 Å². The topological polar surface area (TPSA) is 67.2 Å². The predicted molar refractivity (Wildman–Crippen MR) is 61.6 cm³/mol. The molecule has 0 aromatic heterocycles. The van der Waals surface area contributed by atoms with Gasteiger partial charge in [-0.3, -0.25) is 0 Å². The molecular formula is C11H23N3O. The average Bonchev–Trinajstić information content (AvgIpc) is 2.33. The smallest absolute Gasteiger partial charge is 0.312 e. The van der Waals surface area contributed by atoms with Gasteiger partial charge in [-0.05, 0) is 24.2 Å². The van der Waals surface area contributed by atoms with E-state index >= 15 is 0 Å². The van der Waals surface area contributed by atoms with Gasteiger partial charge in [-0.15, -0.1) is 0 Å². The second-order valence-electron chi connectivity index (χ2n) is 5.40. The number of nitrogens with one attached hydrogen (secondary N) is 2. The minimum absolute atomic E-state index is 0.448. The summed E-state index contributed by atoms with van der Waals surface area (Å²) in [5.74, 6) is 0.716. The van der Waals surface area contributed by atoms with Crippen LogP contribution in [-0.4, -0.2) is 25.2 Å². The molecule has 1 rings (SSSR count). The largest absolute Gasteiger partial charge is 0.352 e. The number of carbonyl (C=O) groups excluding carboxylic acids is 1. The van der Waals surface area contributed by atoms with Crippen molar-refractivity contribution in [3.05, 3.63) is 0 Å². The Kier molecular flexibility index (Phi) is 3.97. The highest BCUT2D eigenvalue weighted by molar-refractivity contribution is 5.71. The Labute approximate surface area is 92.0 Å². The quantitative estimate of drug-likeness (QED) is 0.611. The van der Waals surface area contributed by atoms with Crippen molar-refractivity contribution in [2.24, 2.45) is 17.1 Å². The van der Waals surface area contributed by atoms with Gasteiger partial charge in [0.05, 0.1) is 0 Å². The van der Waals surface area contributed by atoms with Crippen LogP contribution in [0.3, 0.4) is 0 Å². The van der Waals surface area contributed by atoms with Crippen LogP contribution >= 0.6 is 0 Å². The molecule has 0 radical (unpaired) electrons. The summed E-state index contributed by atoms with van der Waals surface area (Å²) in [6.45, 7) is 8.32. The summed E-state index contributed by atoms with van der Waals surface area (Å²) in [5.41, 5.74) is 5.43. The number of amides is 2. The molecule has 1 fully saturated rings. The van der Waals surface area contributed by atoms with Gasteiger partial charge in [-0.2, -0.15) is 0 Å². The Morgan fingerprint density at radius 3 is 2.53 bits per heavy atom. The summed E-state index contributed by atoms with van der Waals surface area (Å²) in [6.07, 6.45) is 2.48. The molecule has 2 amide bonds. The van der Waals surface area contributed by atoms with Crippen molar-refractivity contribution >= 4 is 6.03 Å². The first kappa shape index (κ1) is 12.3. The maximum absolute atomic E-state index is 10.4. The molecule has 0 heterocycles. The van der Waals surface area contributed by atoms with E-state index in [1.165, 1.54) is 12.8 Å². The first-order valence-electron chi connectivity index (χ1n) is 5.67. The number of hydrogen-bond donors (Lipinski definition) is 3. The minimum atomic E-state index is -0.448. The zero-order valence-electron chi connectivity index (χ0n) is 9.97. The lowest BCUT2D eigenvalue weighted by atomic mass is 9.91. The molecule has 2 atom stereocenters. The molecule has 1 saturated carbocycles. The zero-order chi connectivity index (χ0) is 11.5. The van der Waals surface area contributed by atoms with Crippen LogP contribution in [-0.2, 0) is 0 Å². The van der Waals surface area contributed by atoms with Crippen molar-refractivity contribution < 1.29 is 4.79 Å². The second kappa shape index (κ2) is 4.84. The van der Waals surface area contributed by atoms with Gasteiger partial charge in [0.2, 0.25) is 0 Å². The summed E-state index contributed by atoms with van der Waals surface area (Å²) >= 11 is 0. The van der Waals surface area contributed by atoms with Crippen molar-refractivity contribution in [1.82, 2.24) is 10.6 Å². The standard InChI is InChI=1S/C11H23N3O/c1-8-6-11(2,3)7-9(8)13-4-5-14-10(12)15/h8-9,13H,4-7H2,1-3H3,(H3,12,14,15). The van der Waals surface area contributed by atoms with E-state index in [1.807, 2.05) is 0 Å². The molecule has 0 aromatic carbocycles. The molecule has 0 saturated heterocycles. The summed E-state index contributed by atoms with van der Waals surface area (Å²) < 4.78 is 0. The third-order valence-corrected chi connectivity index (χ3v) is 3.16. The number of carbonyl (C=O) groups is 1. The van der Waals surface area contributed by atoms with E-state index < -0.39 is 6.03 Å². The van der Waals surface area contributed by atoms with Crippen LogP contribution in [0.4, 0.5) is 4.79 Å². The highest BCUT2D eigenvalue weighted by atomic mass is 16.2. The monoisotopic (exact) mass is 213 g/mol. The fourth-order valence-corrected chi connectivity index (χ4v) is 2.61. The van der Waals surface area contributed by atoms with Gasteiger partial charge < -0.3 is 16.4 Å². The molecule has 0 aliphatic heterocycles. The minimum Gasteiger partial charge on any atom is -0.352 e. The SMILES string of the molecule is CC1CC(C)(C)CC1NCCNC(N)=O. The van der Waals surface area contributed by atoms with E-state index in [4.69, 9.17) is 5.73 Å². The van der Waals surface area contributed by atoms with Gasteiger partial charge in [0, 0.05) is 19.1 Å². The Morgan fingerprint density at radius 2 is 2.07 bits per heavy atom. The normalized spacial score (nSPS) is 29.0. The lowest BCUT2D eigenvalue weighted by Gasteiger charge is -2.18. The molecule has 4 N–H and O–H groups in total. The first-order valence-corrected chi connectivity index (χ1v) is 5.67. The van der Waals surface area contributed by atoms with Crippen molar-refractivity contribution in [1.29, 1.82) is 0 Å². The van der Waals surface area contributed by atoms with Gasteiger partial charge in [-0.1, -0.05) is 20.8 Å². The number of rotatable bonds is 4. The third-order valence-electron chi connectivity index (χ3n) is 3.16. The fraction of sp³-hybridized carbons (Fsp3) is 0.909. The zero-order valence-corrected chi connectivity index (χ0v) is 9.97. The van der Waals surface area contributed by atoms with Crippen LogP contribution in [0.5, 0.6) is 0 Å². The molecule has 0 spiro atoms. The average molecular weight is 213 g/mol. The number of nitrogens with two attached hydrogens (primary N) is 1. The van der Waals surface area contributed by atoms with E-state index in [2.05, 4.69) is 31.4 Å². The molecule has 4 heteroatoms. The highest BCUT2D eigenvalue weighted by Crippen LogP contribution is 2.40. The second-order valence-corrected chi connectivity index (χ2v) is 5.40. The van der Waals surface area contributed by atoms with Gasteiger partial charge in [0.15, 0.2) is 0 Å². The number of urea groups is 1. The summed E-state index contributed by atoms with van der Waals surface area (Å²) in [5, 5.41) is 6.05. The highest BCUT2D eigenvalue weighted by Gasteiger charge is 2.35. The molecule has 4 nitrogen and oxygen atoms in total. The van der Waals surface area contributed by atoms with E-state index in [0.29, 0.717) is 23.9 Å². The third kappa shape index (κ3) is 4.08. The van der Waals surface area contributed by atoms with E-state index in [-0.39, 0.29) is 0 Å². The van der Waals surface area contributed by atoms with Crippen molar-refractivity contribution in [2.75, 3.05) is 13.1 Å². The summed E-state index contributed by atoms with van der Waals surface area (Å²) in [6, 6.07) is 0.131. The predicted octanol–water partition coefficient (Wildman–Crippen LogP) is 1.07. The molecule has 0 aromatic rings. The lowest BCUT2D eigenvalue weighted by molar-refractivity contribution is 0.248. The first-order chi connectivity index (χ1) is 6.91. The van der Waals surface area contributed by atoms with Gasteiger partial charge in [0.25, 0.3) is 0 Å². The van der Waals surface area contributed by atoms with Gasteiger partial charge in [-0.25, -0.2) is 4.79 Å². The molecule has 15 heavy (non-hydrogen) atoms. The Hall–Kier alpha value is -0.770. The van der Waals surface area contributed by atoms with Crippen LogP contribution in [0, 0.1) is 11.3 Å². The maximum atomic E-state index is 10.4. The molecule has 0 bridgehead atoms. The van der Waals surface area contributed by atoms with Crippen LogP contribution < -0.4 is 16.4 Å². The van der Waals surface area contributed by atoms with Crippen molar-refractivity contribution in [2.45, 2.75) is 39.7 Å². The molecule has 88 valence electrons. The van der Waals surface area contributed by atoms with Crippen LogP contribution in [0.25, 0.3) is 0 Å². The molecular weight excluding hydrogens is 190 g/mol. The molecule has 1 aliphatic carbocycles. The Morgan fingerprint density at radius 1 is 1.40 bits per heavy atom. The number of hydrogen-bond acceptors (Lipinski definition) is 2. The summed E-state index contributed by atoms with van der Waals surface area (Å²) in [7, 11) is 0. The molecule has 1 aliphatic rings. The Balaban J connectivity index is 2.19. The van der Waals surface area contributed by atoms with Crippen molar-refractivity contribution in [3.63, 3.8) is 0 Å². The van der Waals surface area contributed by atoms with E-state index in [0.717, 1.165) is 6.54 Å². The number of primary amides is 1. The lowest BCUT2D eigenvalue weighted by Crippen LogP contribution is -2.40. The fourth-order valence-electron chi connectivity index (χ4n) is 2.61. The summed E-state index contributed by atoms with van der Waals surface area (Å²) in [4.78, 5) is 10.4. The van der Waals surface area contributed by atoms with Gasteiger partial charge >= 0.3 is 6.03 Å². The van der Waals surface area contributed by atoms with E-state index in [9.17, 15) is 4.79 Å². The van der Waals surface area contributed by atoms with Gasteiger partial charge in [0.1, 0.15) is 0 Å². The maximum Gasteiger partial charge on any atom is 0.312 e. The van der Waals surface area contributed by atoms with Crippen LogP contribution in [0.1, 0.15) is 33.6 Å². The molecule has 2 unspecified atom stereocenters. The van der Waals surface area contributed by atoms with Crippen LogP contribution in [0.15, 0.2) is 0 Å². The Bertz CT molecular complexity index is 228. The van der Waals surface area contributed by atoms with Crippen molar-refractivity contribution in [3.8, 4) is 0 Å².